The molecule has 0 bridgehead atoms. The summed E-state index contributed by atoms with van der Waals surface area (Å²) >= 11 is 0. The molecule has 148 valence electrons. The predicted molar refractivity (Wildman–Crippen MR) is 110 cm³/mol. The minimum atomic E-state index is -0.108. The van der Waals surface area contributed by atoms with Gasteiger partial charge < -0.3 is 20.3 Å². The van der Waals surface area contributed by atoms with E-state index in [1.807, 2.05) is 53.4 Å². The Morgan fingerprint density at radius 2 is 1.79 bits per heavy atom. The minimum Gasteiger partial charge on any atom is -0.497 e. The Bertz CT molecular complexity index is 799. The summed E-state index contributed by atoms with van der Waals surface area (Å²) in [6.45, 7) is 2.25. The first-order chi connectivity index (χ1) is 13.7. The van der Waals surface area contributed by atoms with Crippen molar-refractivity contribution < 1.29 is 14.3 Å². The van der Waals surface area contributed by atoms with Crippen LogP contribution in [0.15, 0.2) is 48.5 Å². The molecule has 2 aromatic carbocycles. The topological polar surface area (TPSA) is 70.7 Å². The van der Waals surface area contributed by atoms with E-state index in [2.05, 4.69) is 10.6 Å². The lowest BCUT2D eigenvalue weighted by atomic mass is 10.1. The average molecular weight is 381 g/mol. The highest BCUT2D eigenvalue weighted by atomic mass is 16.5. The number of rotatable bonds is 7. The summed E-state index contributed by atoms with van der Waals surface area (Å²) in [7, 11) is 1.62. The Morgan fingerprint density at radius 1 is 1.04 bits per heavy atom. The number of methoxy groups -OCH3 is 1. The molecule has 28 heavy (non-hydrogen) atoms. The zero-order valence-electron chi connectivity index (χ0n) is 16.2. The van der Waals surface area contributed by atoms with Crippen LogP contribution >= 0.6 is 0 Å². The maximum atomic E-state index is 12.6. The second kappa shape index (κ2) is 9.78. The number of carbonyl (C=O) groups is 2. The molecule has 2 amide bonds. The van der Waals surface area contributed by atoms with Crippen LogP contribution in [-0.2, 0) is 11.3 Å². The van der Waals surface area contributed by atoms with Crippen LogP contribution in [0.4, 0.5) is 5.69 Å². The number of nitrogens with zero attached hydrogens (tertiary/aromatic N) is 1. The number of piperidine rings is 1. The normalized spacial score (nSPS) is 13.7. The lowest BCUT2D eigenvalue weighted by molar-refractivity contribution is -0.119. The lowest BCUT2D eigenvalue weighted by Crippen LogP contribution is -2.35. The highest BCUT2D eigenvalue weighted by Crippen LogP contribution is 2.16. The van der Waals surface area contributed by atoms with Crippen molar-refractivity contribution in [3.63, 3.8) is 0 Å². The minimum absolute atomic E-state index is 0.0623. The van der Waals surface area contributed by atoms with Crippen molar-refractivity contribution in [1.82, 2.24) is 10.2 Å². The van der Waals surface area contributed by atoms with Gasteiger partial charge in [-0.25, -0.2) is 0 Å². The Hall–Kier alpha value is -3.02. The van der Waals surface area contributed by atoms with Crippen LogP contribution in [0.3, 0.4) is 0 Å². The summed E-state index contributed by atoms with van der Waals surface area (Å²) in [5, 5.41) is 5.97. The molecule has 0 atom stereocenters. The zero-order chi connectivity index (χ0) is 19.8. The number of anilines is 1. The van der Waals surface area contributed by atoms with Crippen molar-refractivity contribution in [1.29, 1.82) is 0 Å². The molecule has 1 aliphatic rings. The summed E-state index contributed by atoms with van der Waals surface area (Å²) in [6, 6.07) is 14.9. The number of hydrogen-bond donors (Lipinski definition) is 2. The first-order valence-electron chi connectivity index (χ1n) is 9.68. The third-order valence-corrected chi connectivity index (χ3v) is 4.85. The van der Waals surface area contributed by atoms with Gasteiger partial charge in [-0.05, 0) is 55.2 Å². The molecule has 0 saturated carbocycles. The standard InChI is InChI=1S/C22H27N3O3/c1-28-20-10-8-17(9-11-20)15-24-21(26)16-23-19-7-5-6-18(14-19)22(27)25-12-3-2-4-13-25/h5-11,14,23H,2-4,12-13,15-16H2,1H3,(H,24,26). The maximum absolute atomic E-state index is 12.6. The molecule has 2 aromatic rings. The maximum Gasteiger partial charge on any atom is 0.253 e. The monoisotopic (exact) mass is 381 g/mol. The third-order valence-electron chi connectivity index (χ3n) is 4.85. The fourth-order valence-electron chi connectivity index (χ4n) is 3.23. The van der Waals surface area contributed by atoms with Crippen molar-refractivity contribution in [3.8, 4) is 5.75 Å². The van der Waals surface area contributed by atoms with Gasteiger partial charge in [0.15, 0.2) is 0 Å². The highest BCUT2D eigenvalue weighted by molar-refractivity contribution is 5.95. The Balaban J connectivity index is 1.48. The van der Waals surface area contributed by atoms with E-state index < -0.39 is 0 Å². The lowest BCUT2D eigenvalue weighted by Gasteiger charge is -2.26. The van der Waals surface area contributed by atoms with Crippen LogP contribution in [0.1, 0.15) is 35.2 Å². The number of nitrogens with one attached hydrogen (secondary N) is 2. The second-order valence-electron chi connectivity index (χ2n) is 6.91. The van der Waals surface area contributed by atoms with Gasteiger partial charge in [0.25, 0.3) is 5.91 Å². The van der Waals surface area contributed by atoms with Gasteiger partial charge in [0.2, 0.25) is 5.91 Å². The number of carbonyl (C=O) groups excluding carboxylic acids is 2. The van der Waals surface area contributed by atoms with Crippen molar-refractivity contribution in [2.24, 2.45) is 0 Å². The summed E-state index contributed by atoms with van der Waals surface area (Å²) in [4.78, 5) is 26.6. The third kappa shape index (κ3) is 5.49. The Labute approximate surface area is 165 Å². The fraction of sp³-hybridized carbons (Fsp3) is 0.364. The molecule has 1 fully saturated rings. The second-order valence-corrected chi connectivity index (χ2v) is 6.91. The molecule has 1 aliphatic heterocycles. The van der Waals surface area contributed by atoms with Gasteiger partial charge in [-0.1, -0.05) is 18.2 Å². The van der Waals surface area contributed by atoms with Gasteiger partial charge in [0.05, 0.1) is 13.7 Å². The van der Waals surface area contributed by atoms with Gasteiger partial charge in [-0.2, -0.15) is 0 Å². The number of amides is 2. The summed E-state index contributed by atoms with van der Waals surface area (Å²) in [6.07, 6.45) is 3.33. The van der Waals surface area contributed by atoms with Crippen LogP contribution in [0, 0.1) is 0 Å². The first kappa shape index (κ1) is 19.7. The van der Waals surface area contributed by atoms with Gasteiger partial charge in [0, 0.05) is 30.9 Å². The van der Waals surface area contributed by atoms with Crippen molar-refractivity contribution in [2.45, 2.75) is 25.8 Å². The largest absolute Gasteiger partial charge is 0.497 e. The molecule has 0 spiro atoms. The van der Waals surface area contributed by atoms with Gasteiger partial charge in [-0.15, -0.1) is 0 Å². The molecule has 1 saturated heterocycles. The summed E-state index contributed by atoms with van der Waals surface area (Å²) in [5.74, 6) is 0.742. The SMILES string of the molecule is COc1ccc(CNC(=O)CNc2cccc(C(=O)N3CCCCC3)c2)cc1. The Morgan fingerprint density at radius 3 is 2.50 bits per heavy atom. The molecule has 0 radical (unpaired) electrons. The van der Waals surface area contributed by atoms with E-state index in [0.29, 0.717) is 12.1 Å². The fourth-order valence-corrected chi connectivity index (χ4v) is 3.23. The molecule has 0 aliphatic carbocycles. The zero-order valence-corrected chi connectivity index (χ0v) is 16.2. The molecular formula is C22H27N3O3. The molecule has 0 aromatic heterocycles. The van der Waals surface area contributed by atoms with E-state index in [-0.39, 0.29) is 18.4 Å². The smallest absolute Gasteiger partial charge is 0.253 e. The van der Waals surface area contributed by atoms with Gasteiger partial charge in [0.1, 0.15) is 5.75 Å². The molecule has 6 nitrogen and oxygen atoms in total. The molecule has 1 heterocycles. The Kier molecular flexibility index (Phi) is 6.89. The van der Waals surface area contributed by atoms with Gasteiger partial charge in [-0.3, -0.25) is 9.59 Å². The van der Waals surface area contributed by atoms with Crippen LogP contribution in [-0.4, -0.2) is 43.5 Å². The van der Waals surface area contributed by atoms with Gasteiger partial charge >= 0.3 is 0 Å². The molecule has 0 unspecified atom stereocenters. The van der Waals surface area contributed by atoms with Crippen LogP contribution in [0.2, 0.25) is 0 Å². The summed E-state index contributed by atoms with van der Waals surface area (Å²) in [5.41, 5.74) is 2.43. The number of likely N-dealkylation sites (tertiary alicyclic amines) is 1. The van der Waals surface area contributed by atoms with Crippen LogP contribution in [0.25, 0.3) is 0 Å². The number of hydrogen-bond acceptors (Lipinski definition) is 4. The molecule has 2 N–H and O–H groups in total. The van der Waals surface area contributed by atoms with Crippen molar-refractivity contribution in [3.05, 3.63) is 59.7 Å². The number of ether oxygens (including phenoxy) is 1. The molecular weight excluding hydrogens is 354 g/mol. The van der Waals surface area contributed by atoms with E-state index in [0.717, 1.165) is 42.9 Å². The first-order valence-corrected chi connectivity index (χ1v) is 9.68. The van der Waals surface area contributed by atoms with E-state index in [1.165, 1.54) is 6.42 Å². The predicted octanol–water partition coefficient (Wildman–Crippen LogP) is 3.05. The van der Waals surface area contributed by atoms with Crippen LogP contribution < -0.4 is 15.4 Å². The van der Waals surface area contributed by atoms with E-state index in [4.69, 9.17) is 4.74 Å². The van der Waals surface area contributed by atoms with E-state index in [9.17, 15) is 9.59 Å². The van der Waals surface area contributed by atoms with Crippen molar-refractivity contribution in [2.75, 3.05) is 32.1 Å². The van der Waals surface area contributed by atoms with Crippen molar-refractivity contribution >= 4 is 17.5 Å². The number of benzene rings is 2. The van der Waals surface area contributed by atoms with E-state index in [1.54, 1.807) is 7.11 Å². The summed E-state index contributed by atoms with van der Waals surface area (Å²) < 4.78 is 5.12. The molecule has 3 rings (SSSR count). The van der Waals surface area contributed by atoms with Crippen LogP contribution in [0.5, 0.6) is 5.75 Å². The van der Waals surface area contributed by atoms with E-state index >= 15 is 0 Å². The quantitative estimate of drug-likeness (QED) is 0.773. The average Bonchev–Trinajstić information content (AvgIpc) is 2.77. The highest BCUT2D eigenvalue weighted by Gasteiger charge is 2.18. The molecule has 6 heteroatoms.